The Morgan fingerprint density at radius 1 is 1.35 bits per heavy atom. The van der Waals surface area contributed by atoms with Gasteiger partial charge in [0, 0.05) is 11.2 Å². The maximum absolute atomic E-state index is 11.9. The molecule has 1 aromatic carbocycles. The van der Waals surface area contributed by atoms with E-state index in [2.05, 4.69) is 5.32 Å². The van der Waals surface area contributed by atoms with Gasteiger partial charge in [-0.3, -0.25) is 4.79 Å². The van der Waals surface area contributed by atoms with Crippen LogP contribution in [-0.2, 0) is 9.53 Å². The standard InChI is InChI=1S/C15H22N2O3/c1-5-15(3,4)17-12(18)9-20-14(19)13-10(2)7-6-8-11(13)16/h6-8H,5,9,16H2,1-4H3,(H,17,18). The molecule has 0 aliphatic rings. The predicted octanol–water partition coefficient (Wildman–Crippen LogP) is 2.04. The molecule has 0 fully saturated rings. The summed E-state index contributed by atoms with van der Waals surface area (Å²) in [6.07, 6.45) is 0.789. The van der Waals surface area contributed by atoms with Crippen molar-refractivity contribution in [2.24, 2.45) is 0 Å². The van der Waals surface area contributed by atoms with E-state index in [9.17, 15) is 9.59 Å². The van der Waals surface area contributed by atoms with E-state index in [1.165, 1.54) is 0 Å². The molecule has 0 aliphatic carbocycles. The quantitative estimate of drug-likeness (QED) is 0.638. The van der Waals surface area contributed by atoms with Gasteiger partial charge in [-0.1, -0.05) is 19.1 Å². The second-order valence-corrected chi connectivity index (χ2v) is 5.40. The number of anilines is 1. The summed E-state index contributed by atoms with van der Waals surface area (Å²) in [6.45, 7) is 7.25. The highest BCUT2D eigenvalue weighted by Gasteiger charge is 2.20. The number of carbonyl (C=O) groups is 2. The Morgan fingerprint density at radius 3 is 2.55 bits per heavy atom. The summed E-state index contributed by atoms with van der Waals surface area (Å²) < 4.78 is 5.01. The molecule has 0 atom stereocenters. The average Bonchev–Trinajstić information content (AvgIpc) is 2.35. The van der Waals surface area contributed by atoms with Gasteiger partial charge in [-0.05, 0) is 38.8 Å². The molecular formula is C15H22N2O3. The van der Waals surface area contributed by atoms with Crippen LogP contribution in [0.2, 0.25) is 0 Å². The van der Waals surface area contributed by atoms with E-state index < -0.39 is 5.97 Å². The molecule has 0 saturated carbocycles. The molecule has 3 N–H and O–H groups in total. The summed E-state index contributed by atoms with van der Waals surface area (Å²) >= 11 is 0. The van der Waals surface area contributed by atoms with Crippen LogP contribution in [0.4, 0.5) is 5.69 Å². The van der Waals surface area contributed by atoms with E-state index >= 15 is 0 Å². The molecule has 0 saturated heterocycles. The van der Waals surface area contributed by atoms with Crippen molar-refractivity contribution >= 4 is 17.6 Å². The Labute approximate surface area is 119 Å². The van der Waals surface area contributed by atoms with E-state index in [1.807, 2.05) is 20.8 Å². The Hall–Kier alpha value is -2.04. The lowest BCUT2D eigenvalue weighted by Gasteiger charge is -2.24. The molecular weight excluding hydrogens is 256 g/mol. The molecule has 0 aliphatic heterocycles. The highest BCUT2D eigenvalue weighted by molar-refractivity contribution is 5.97. The molecule has 5 heteroatoms. The molecule has 0 unspecified atom stereocenters. The number of amides is 1. The summed E-state index contributed by atoms with van der Waals surface area (Å²) in [6, 6.07) is 5.16. The Balaban J connectivity index is 2.62. The first-order valence-electron chi connectivity index (χ1n) is 6.60. The number of ether oxygens (including phenoxy) is 1. The molecule has 0 radical (unpaired) electrons. The van der Waals surface area contributed by atoms with Gasteiger partial charge in [0.25, 0.3) is 5.91 Å². The highest BCUT2D eigenvalue weighted by atomic mass is 16.5. The summed E-state index contributed by atoms with van der Waals surface area (Å²) in [7, 11) is 0. The van der Waals surface area contributed by atoms with Crippen LogP contribution in [0.15, 0.2) is 18.2 Å². The van der Waals surface area contributed by atoms with Crippen LogP contribution >= 0.6 is 0 Å². The summed E-state index contributed by atoms with van der Waals surface area (Å²) in [5.41, 5.74) is 6.83. The maximum Gasteiger partial charge on any atom is 0.341 e. The molecule has 0 spiro atoms. The highest BCUT2D eigenvalue weighted by Crippen LogP contribution is 2.17. The second-order valence-electron chi connectivity index (χ2n) is 5.40. The third kappa shape index (κ3) is 4.26. The zero-order valence-electron chi connectivity index (χ0n) is 12.4. The van der Waals surface area contributed by atoms with Crippen LogP contribution in [-0.4, -0.2) is 24.0 Å². The predicted molar refractivity (Wildman–Crippen MR) is 78.4 cm³/mol. The second kappa shape index (κ2) is 6.41. The average molecular weight is 278 g/mol. The van der Waals surface area contributed by atoms with Gasteiger partial charge in [0.2, 0.25) is 0 Å². The van der Waals surface area contributed by atoms with E-state index in [-0.39, 0.29) is 18.1 Å². The van der Waals surface area contributed by atoms with Crippen LogP contribution in [0.1, 0.15) is 43.1 Å². The fourth-order valence-electron chi connectivity index (χ4n) is 1.67. The normalized spacial score (nSPS) is 11.0. The zero-order chi connectivity index (χ0) is 15.3. The first kappa shape index (κ1) is 16.0. The van der Waals surface area contributed by atoms with Gasteiger partial charge in [-0.15, -0.1) is 0 Å². The molecule has 1 amide bonds. The molecule has 1 aromatic rings. The number of benzene rings is 1. The Morgan fingerprint density at radius 2 is 2.00 bits per heavy atom. The van der Waals surface area contributed by atoms with E-state index in [0.29, 0.717) is 11.3 Å². The Kier molecular flexibility index (Phi) is 5.13. The monoisotopic (exact) mass is 278 g/mol. The minimum atomic E-state index is -0.579. The van der Waals surface area contributed by atoms with Gasteiger partial charge >= 0.3 is 5.97 Å². The molecule has 1 rings (SSSR count). The van der Waals surface area contributed by atoms with E-state index in [1.54, 1.807) is 25.1 Å². The summed E-state index contributed by atoms with van der Waals surface area (Å²) in [5, 5.41) is 2.79. The van der Waals surface area contributed by atoms with Crippen molar-refractivity contribution in [1.82, 2.24) is 5.32 Å². The van der Waals surface area contributed by atoms with Crippen LogP contribution in [0, 0.1) is 6.92 Å². The van der Waals surface area contributed by atoms with Crippen LogP contribution in [0.25, 0.3) is 0 Å². The van der Waals surface area contributed by atoms with Crippen molar-refractivity contribution < 1.29 is 14.3 Å². The first-order chi connectivity index (χ1) is 9.26. The third-order valence-corrected chi connectivity index (χ3v) is 3.21. The lowest BCUT2D eigenvalue weighted by molar-refractivity contribution is -0.125. The molecule has 110 valence electrons. The SMILES string of the molecule is CCC(C)(C)NC(=O)COC(=O)c1c(C)cccc1N. The first-order valence-corrected chi connectivity index (χ1v) is 6.60. The molecule has 0 bridgehead atoms. The number of nitrogen functional groups attached to an aromatic ring is 1. The molecule has 0 aromatic heterocycles. The number of aryl methyl sites for hydroxylation is 1. The minimum absolute atomic E-state index is 0.309. The van der Waals surface area contributed by atoms with E-state index in [4.69, 9.17) is 10.5 Å². The lowest BCUT2D eigenvalue weighted by atomic mass is 10.0. The van der Waals surface area contributed by atoms with Gasteiger partial charge < -0.3 is 15.8 Å². The van der Waals surface area contributed by atoms with Crippen molar-refractivity contribution in [1.29, 1.82) is 0 Å². The van der Waals surface area contributed by atoms with Gasteiger partial charge in [0.05, 0.1) is 5.56 Å². The van der Waals surface area contributed by atoms with Gasteiger partial charge in [0.1, 0.15) is 0 Å². The number of hydrogen-bond donors (Lipinski definition) is 2. The minimum Gasteiger partial charge on any atom is -0.452 e. The molecule has 5 nitrogen and oxygen atoms in total. The molecule has 0 heterocycles. The van der Waals surface area contributed by atoms with E-state index in [0.717, 1.165) is 12.0 Å². The number of rotatable bonds is 5. The topological polar surface area (TPSA) is 81.4 Å². The van der Waals surface area contributed by atoms with Gasteiger partial charge in [-0.25, -0.2) is 4.79 Å². The van der Waals surface area contributed by atoms with Crippen molar-refractivity contribution in [3.63, 3.8) is 0 Å². The fraction of sp³-hybridized carbons (Fsp3) is 0.467. The van der Waals surface area contributed by atoms with Crippen molar-refractivity contribution in [2.75, 3.05) is 12.3 Å². The molecule has 20 heavy (non-hydrogen) atoms. The largest absolute Gasteiger partial charge is 0.452 e. The number of carbonyl (C=O) groups excluding carboxylic acids is 2. The number of hydrogen-bond acceptors (Lipinski definition) is 4. The van der Waals surface area contributed by atoms with Gasteiger partial charge in [-0.2, -0.15) is 0 Å². The number of nitrogens with two attached hydrogens (primary N) is 1. The smallest absolute Gasteiger partial charge is 0.341 e. The number of nitrogens with one attached hydrogen (secondary N) is 1. The van der Waals surface area contributed by atoms with Crippen LogP contribution < -0.4 is 11.1 Å². The van der Waals surface area contributed by atoms with Crippen molar-refractivity contribution in [2.45, 2.75) is 39.7 Å². The summed E-state index contributed by atoms with van der Waals surface area (Å²) in [4.78, 5) is 23.6. The third-order valence-electron chi connectivity index (χ3n) is 3.21. The lowest BCUT2D eigenvalue weighted by Crippen LogP contribution is -2.44. The zero-order valence-corrected chi connectivity index (χ0v) is 12.4. The summed E-state index contributed by atoms with van der Waals surface area (Å²) in [5.74, 6) is -0.901. The van der Waals surface area contributed by atoms with Crippen LogP contribution in [0.5, 0.6) is 0 Å². The number of esters is 1. The maximum atomic E-state index is 11.9. The Bertz CT molecular complexity index is 490. The van der Waals surface area contributed by atoms with Crippen LogP contribution in [0.3, 0.4) is 0 Å². The van der Waals surface area contributed by atoms with Crippen molar-refractivity contribution in [3.8, 4) is 0 Å². The fourth-order valence-corrected chi connectivity index (χ4v) is 1.67. The van der Waals surface area contributed by atoms with Gasteiger partial charge in [0.15, 0.2) is 6.61 Å². The van der Waals surface area contributed by atoms with Crippen molar-refractivity contribution in [3.05, 3.63) is 29.3 Å².